The Morgan fingerprint density at radius 1 is 1.20 bits per heavy atom. The number of hydrogen-bond donors (Lipinski definition) is 1. The molecule has 2 heterocycles. The molecule has 1 aromatic carbocycles. The summed E-state index contributed by atoms with van der Waals surface area (Å²) in [5, 5.41) is 11.9. The van der Waals surface area contributed by atoms with E-state index in [0.29, 0.717) is 17.3 Å². The van der Waals surface area contributed by atoms with Crippen LogP contribution < -0.4 is 10.1 Å². The van der Waals surface area contributed by atoms with Gasteiger partial charge < -0.3 is 14.6 Å². The lowest BCUT2D eigenvalue weighted by atomic mass is 9.87. The van der Waals surface area contributed by atoms with Crippen molar-refractivity contribution in [2.75, 3.05) is 6.54 Å². The lowest BCUT2D eigenvalue weighted by molar-refractivity contribution is -0.123. The standard InChI is InChI=1S/C25H26F3N5O2/c26-25(27,28)16-31-24(34)18-6-8-21(9-7-18)35-15-20-12-19-14-30-22(13-29)32-23(19)33(20)11-10-17-4-2-1-3-5-17/h6-9,12,14,17H,1-5,10-11,15-16H2,(H,31,34). The number of hydrogen-bond acceptors (Lipinski definition) is 5. The maximum absolute atomic E-state index is 12.3. The second kappa shape index (κ2) is 10.8. The van der Waals surface area contributed by atoms with Gasteiger partial charge in [0.15, 0.2) is 0 Å². The smallest absolute Gasteiger partial charge is 0.405 e. The highest BCUT2D eigenvalue weighted by Crippen LogP contribution is 2.28. The number of alkyl halides is 3. The van der Waals surface area contributed by atoms with Crippen LogP contribution >= 0.6 is 0 Å². The fourth-order valence-electron chi connectivity index (χ4n) is 4.45. The minimum Gasteiger partial charge on any atom is -0.487 e. The lowest BCUT2D eigenvalue weighted by Gasteiger charge is -2.22. The molecule has 2 aromatic heterocycles. The molecule has 4 rings (SSSR count). The minimum atomic E-state index is -4.47. The van der Waals surface area contributed by atoms with Gasteiger partial charge >= 0.3 is 6.18 Å². The van der Waals surface area contributed by atoms with Gasteiger partial charge in [0, 0.05) is 23.7 Å². The second-order valence-electron chi connectivity index (χ2n) is 8.78. The van der Waals surface area contributed by atoms with E-state index in [-0.39, 0.29) is 18.0 Å². The summed E-state index contributed by atoms with van der Waals surface area (Å²) >= 11 is 0. The molecule has 1 amide bonds. The Bertz CT molecular complexity index is 1210. The van der Waals surface area contributed by atoms with Gasteiger partial charge in [-0.3, -0.25) is 4.79 Å². The summed E-state index contributed by atoms with van der Waals surface area (Å²) < 4.78 is 44.9. The molecule has 10 heteroatoms. The summed E-state index contributed by atoms with van der Waals surface area (Å²) in [4.78, 5) is 20.4. The Morgan fingerprint density at radius 2 is 1.94 bits per heavy atom. The maximum Gasteiger partial charge on any atom is 0.405 e. The van der Waals surface area contributed by atoms with Crippen molar-refractivity contribution >= 4 is 16.9 Å². The number of nitriles is 1. The van der Waals surface area contributed by atoms with Gasteiger partial charge in [-0.25, -0.2) is 9.97 Å². The normalized spacial score (nSPS) is 14.6. The van der Waals surface area contributed by atoms with Crippen molar-refractivity contribution in [3.05, 3.63) is 53.6 Å². The molecule has 0 aliphatic heterocycles. The second-order valence-corrected chi connectivity index (χ2v) is 8.78. The third-order valence-corrected chi connectivity index (χ3v) is 6.26. The summed E-state index contributed by atoms with van der Waals surface area (Å²) in [5.41, 5.74) is 1.69. The van der Waals surface area contributed by atoms with Crippen molar-refractivity contribution in [2.45, 2.75) is 57.9 Å². The maximum atomic E-state index is 12.3. The average Bonchev–Trinajstić information content (AvgIpc) is 3.21. The van der Waals surface area contributed by atoms with Crippen molar-refractivity contribution in [3.8, 4) is 11.8 Å². The van der Waals surface area contributed by atoms with Crippen LogP contribution in [0.1, 0.15) is 60.4 Å². The van der Waals surface area contributed by atoms with Crippen LogP contribution in [0.15, 0.2) is 36.5 Å². The van der Waals surface area contributed by atoms with E-state index < -0.39 is 18.6 Å². The first-order chi connectivity index (χ1) is 16.8. The number of carbonyl (C=O) groups excluding carboxylic acids is 1. The molecule has 0 bridgehead atoms. The molecule has 0 spiro atoms. The molecular formula is C25H26F3N5O2. The molecule has 1 N–H and O–H groups in total. The predicted molar refractivity (Wildman–Crippen MR) is 123 cm³/mol. The van der Waals surface area contributed by atoms with E-state index in [1.54, 1.807) is 18.3 Å². The molecule has 0 atom stereocenters. The van der Waals surface area contributed by atoms with Gasteiger partial charge in [-0.1, -0.05) is 32.1 Å². The molecule has 7 nitrogen and oxygen atoms in total. The summed E-state index contributed by atoms with van der Waals surface area (Å²) in [7, 11) is 0. The Balaban J connectivity index is 1.46. The van der Waals surface area contributed by atoms with Gasteiger partial charge in [0.05, 0.1) is 5.69 Å². The van der Waals surface area contributed by atoms with Crippen LogP contribution in [-0.2, 0) is 13.2 Å². The Kier molecular flexibility index (Phi) is 7.54. The number of benzene rings is 1. The Labute approximate surface area is 200 Å². The van der Waals surface area contributed by atoms with Gasteiger partial charge in [-0.05, 0) is 42.7 Å². The third-order valence-electron chi connectivity index (χ3n) is 6.26. The topological polar surface area (TPSA) is 92.8 Å². The molecule has 0 radical (unpaired) electrons. The molecule has 3 aromatic rings. The molecule has 0 unspecified atom stereocenters. The van der Waals surface area contributed by atoms with Crippen molar-refractivity contribution in [3.63, 3.8) is 0 Å². The molecule has 0 saturated heterocycles. The van der Waals surface area contributed by atoms with E-state index in [1.165, 1.54) is 44.2 Å². The highest BCUT2D eigenvalue weighted by Gasteiger charge is 2.27. The van der Waals surface area contributed by atoms with Crippen LogP contribution in [0.3, 0.4) is 0 Å². The number of ether oxygens (including phenoxy) is 1. The first kappa shape index (κ1) is 24.5. The predicted octanol–water partition coefficient (Wildman–Crippen LogP) is 5.14. The quantitative estimate of drug-likeness (QED) is 0.477. The number of fused-ring (bicyclic) bond motifs is 1. The molecule has 184 valence electrons. The number of nitrogens with zero attached hydrogens (tertiary/aromatic N) is 4. The summed E-state index contributed by atoms with van der Waals surface area (Å²) in [6.45, 7) is -0.401. The van der Waals surface area contributed by atoms with Crippen LogP contribution in [0.4, 0.5) is 13.2 Å². The molecular weight excluding hydrogens is 459 g/mol. The van der Waals surface area contributed by atoms with Crippen LogP contribution in [0.5, 0.6) is 5.75 Å². The highest BCUT2D eigenvalue weighted by atomic mass is 19.4. The molecule has 35 heavy (non-hydrogen) atoms. The fourth-order valence-corrected chi connectivity index (χ4v) is 4.45. The van der Waals surface area contributed by atoms with Gasteiger partial charge in [-0.2, -0.15) is 18.4 Å². The largest absolute Gasteiger partial charge is 0.487 e. The first-order valence-electron chi connectivity index (χ1n) is 11.7. The monoisotopic (exact) mass is 485 g/mol. The van der Waals surface area contributed by atoms with Crippen LogP contribution in [0.25, 0.3) is 11.0 Å². The average molecular weight is 486 g/mol. The zero-order chi connectivity index (χ0) is 24.8. The molecule has 1 saturated carbocycles. The number of amides is 1. The van der Waals surface area contributed by atoms with E-state index in [2.05, 4.69) is 14.5 Å². The van der Waals surface area contributed by atoms with Crippen molar-refractivity contribution < 1.29 is 22.7 Å². The zero-order valence-corrected chi connectivity index (χ0v) is 19.1. The van der Waals surface area contributed by atoms with Crippen molar-refractivity contribution in [1.29, 1.82) is 5.26 Å². The third kappa shape index (κ3) is 6.50. The van der Waals surface area contributed by atoms with Crippen LogP contribution in [0.2, 0.25) is 0 Å². The number of nitrogens with one attached hydrogen (secondary N) is 1. The van der Waals surface area contributed by atoms with E-state index in [1.807, 2.05) is 17.5 Å². The molecule has 1 fully saturated rings. The van der Waals surface area contributed by atoms with Gasteiger partial charge in [0.1, 0.15) is 30.6 Å². The molecule has 1 aliphatic carbocycles. The first-order valence-corrected chi connectivity index (χ1v) is 11.7. The molecule has 1 aliphatic rings. The number of rotatable bonds is 8. The summed E-state index contributed by atoms with van der Waals surface area (Å²) in [5.74, 6) is 0.457. The van der Waals surface area contributed by atoms with Crippen molar-refractivity contribution in [1.82, 2.24) is 19.9 Å². The zero-order valence-electron chi connectivity index (χ0n) is 19.1. The Morgan fingerprint density at radius 3 is 2.63 bits per heavy atom. The highest BCUT2D eigenvalue weighted by molar-refractivity contribution is 5.94. The Hall–Kier alpha value is -3.61. The summed E-state index contributed by atoms with van der Waals surface area (Å²) in [6.07, 6.45) is 4.46. The minimum absolute atomic E-state index is 0.112. The lowest BCUT2D eigenvalue weighted by Crippen LogP contribution is -2.33. The van der Waals surface area contributed by atoms with Gasteiger partial charge in [0.25, 0.3) is 5.91 Å². The number of aryl methyl sites for hydroxylation is 1. The van der Waals surface area contributed by atoms with E-state index in [9.17, 15) is 23.2 Å². The van der Waals surface area contributed by atoms with Crippen LogP contribution in [0, 0.1) is 17.2 Å². The number of carbonyl (C=O) groups is 1. The van der Waals surface area contributed by atoms with Crippen LogP contribution in [-0.4, -0.2) is 33.2 Å². The summed E-state index contributed by atoms with van der Waals surface area (Å²) in [6, 6.07) is 9.86. The van der Waals surface area contributed by atoms with E-state index in [0.717, 1.165) is 24.0 Å². The van der Waals surface area contributed by atoms with E-state index in [4.69, 9.17) is 4.74 Å². The van der Waals surface area contributed by atoms with E-state index >= 15 is 0 Å². The van der Waals surface area contributed by atoms with Gasteiger partial charge in [-0.15, -0.1) is 0 Å². The SMILES string of the molecule is N#Cc1ncc2cc(COc3ccc(C(=O)NCC(F)(F)F)cc3)n(CCC3CCCCC3)c2n1. The van der Waals surface area contributed by atoms with Crippen molar-refractivity contribution in [2.24, 2.45) is 5.92 Å². The van der Waals surface area contributed by atoms with Gasteiger partial charge in [0.2, 0.25) is 5.82 Å². The fraction of sp³-hybridized carbons (Fsp3) is 0.440. The number of aromatic nitrogens is 3. The number of halogens is 3.